The number of aromatic hydroxyl groups is 1. The maximum atomic E-state index is 14.2. The molecule has 3 nitrogen and oxygen atoms in total. The molecule has 3 rings (SSSR count). The highest BCUT2D eigenvalue weighted by molar-refractivity contribution is 6.31. The summed E-state index contributed by atoms with van der Waals surface area (Å²) in [4.78, 5) is 14.1. The van der Waals surface area contributed by atoms with Crippen molar-refractivity contribution in [3.8, 4) is 16.9 Å². The summed E-state index contributed by atoms with van der Waals surface area (Å²) in [6.07, 6.45) is 2.01. The van der Waals surface area contributed by atoms with E-state index in [1.54, 1.807) is 18.9 Å². The number of phenolic OH excluding ortho intramolecular Hbond substituents is 1. The average Bonchev–Trinajstić information content (AvgIpc) is 3.35. The molecule has 0 saturated heterocycles. The van der Waals surface area contributed by atoms with E-state index in [2.05, 4.69) is 0 Å². The van der Waals surface area contributed by atoms with Gasteiger partial charge in [-0.3, -0.25) is 4.79 Å². The molecule has 0 unspecified atom stereocenters. The summed E-state index contributed by atoms with van der Waals surface area (Å²) in [7, 11) is 1.75. The number of aryl methyl sites for hydroxylation is 1. The van der Waals surface area contributed by atoms with Gasteiger partial charge < -0.3 is 10.0 Å². The Morgan fingerprint density at radius 1 is 1.26 bits per heavy atom. The van der Waals surface area contributed by atoms with Crippen LogP contribution < -0.4 is 0 Å². The molecule has 0 radical (unpaired) electrons. The lowest BCUT2D eigenvalue weighted by molar-refractivity contribution is 0.0785. The number of nitrogens with zero attached hydrogens (tertiary/aromatic N) is 1. The average molecular weight is 334 g/mol. The molecule has 5 heteroatoms. The summed E-state index contributed by atoms with van der Waals surface area (Å²) in [6.45, 7) is 1.76. The van der Waals surface area contributed by atoms with Gasteiger partial charge in [-0.15, -0.1) is 0 Å². The minimum Gasteiger partial charge on any atom is -0.507 e. The first-order valence-corrected chi connectivity index (χ1v) is 7.82. The summed E-state index contributed by atoms with van der Waals surface area (Å²) in [6, 6.07) is 7.46. The Bertz CT molecular complexity index is 787. The van der Waals surface area contributed by atoms with E-state index in [-0.39, 0.29) is 28.8 Å². The fourth-order valence-corrected chi connectivity index (χ4v) is 2.74. The van der Waals surface area contributed by atoms with Gasteiger partial charge in [0.25, 0.3) is 5.91 Å². The Hall–Kier alpha value is -2.07. The van der Waals surface area contributed by atoms with Gasteiger partial charge >= 0.3 is 0 Å². The Morgan fingerprint density at radius 2 is 1.96 bits per heavy atom. The van der Waals surface area contributed by atoms with Gasteiger partial charge in [0.2, 0.25) is 0 Å². The van der Waals surface area contributed by atoms with E-state index in [9.17, 15) is 14.3 Å². The standard InChI is InChI=1S/C18H17ClFNO2/c1-10-7-17(22)14(9-15(10)19)13-8-11(3-6-16(13)20)18(23)21(2)12-4-5-12/h3,6-9,12,22H,4-5H2,1-2H3. The first-order valence-electron chi connectivity index (χ1n) is 7.44. The molecule has 1 amide bonds. The van der Waals surface area contributed by atoms with Gasteiger partial charge in [0.15, 0.2) is 0 Å². The number of amides is 1. The van der Waals surface area contributed by atoms with Crippen LogP contribution in [0.3, 0.4) is 0 Å². The van der Waals surface area contributed by atoms with Crippen LogP contribution >= 0.6 is 11.6 Å². The van der Waals surface area contributed by atoms with Crippen LogP contribution in [0, 0.1) is 12.7 Å². The molecule has 0 aliphatic heterocycles. The van der Waals surface area contributed by atoms with Crippen LogP contribution in [0.5, 0.6) is 5.75 Å². The molecule has 0 atom stereocenters. The van der Waals surface area contributed by atoms with Crippen molar-refractivity contribution in [2.24, 2.45) is 0 Å². The van der Waals surface area contributed by atoms with Gasteiger partial charge in [-0.2, -0.15) is 0 Å². The van der Waals surface area contributed by atoms with Crippen molar-refractivity contribution < 1.29 is 14.3 Å². The molecule has 1 saturated carbocycles. The third kappa shape index (κ3) is 3.04. The Balaban J connectivity index is 2.04. The lowest BCUT2D eigenvalue weighted by Gasteiger charge is -2.17. The predicted octanol–water partition coefficient (Wildman–Crippen LogP) is 4.39. The molecule has 0 heterocycles. The molecule has 1 aliphatic carbocycles. The highest BCUT2D eigenvalue weighted by Gasteiger charge is 2.30. The van der Waals surface area contributed by atoms with Crippen LogP contribution in [0.25, 0.3) is 11.1 Å². The summed E-state index contributed by atoms with van der Waals surface area (Å²) < 4.78 is 14.2. The monoisotopic (exact) mass is 333 g/mol. The second-order valence-corrected chi connectivity index (χ2v) is 6.37. The van der Waals surface area contributed by atoms with Crippen molar-refractivity contribution in [1.82, 2.24) is 4.90 Å². The number of rotatable bonds is 3. The molecule has 120 valence electrons. The number of carbonyl (C=O) groups excluding carboxylic acids is 1. The molecular formula is C18H17ClFNO2. The quantitative estimate of drug-likeness (QED) is 0.904. The van der Waals surface area contributed by atoms with E-state index < -0.39 is 5.82 Å². The van der Waals surface area contributed by atoms with E-state index in [0.717, 1.165) is 12.8 Å². The maximum absolute atomic E-state index is 14.2. The zero-order valence-corrected chi connectivity index (χ0v) is 13.7. The van der Waals surface area contributed by atoms with Crippen molar-refractivity contribution in [2.75, 3.05) is 7.05 Å². The third-order valence-corrected chi connectivity index (χ3v) is 4.60. The van der Waals surface area contributed by atoms with Crippen LogP contribution in [0.15, 0.2) is 30.3 Å². The minimum atomic E-state index is -0.508. The summed E-state index contributed by atoms with van der Waals surface area (Å²) in [5.41, 5.74) is 1.54. The van der Waals surface area contributed by atoms with Gasteiger partial charge in [-0.1, -0.05) is 11.6 Å². The molecule has 1 aliphatic rings. The molecule has 23 heavy (non-hydrogen) atoms. The number of hydrogen-bond acceptors (Lipinski definition) is 2. The third-order valence-electron chi connectivity index (χ3n) is 4.20. The highest BCUT2D eigenvalue weighted by Crippen LogP contribution is 2.36. The lowest BCUT2D eigenvalue weighted by Crippen LogP contribution is -2.28. The number of benzene rings is 2. The number of carbonyl (C=O) groups is 1. The van der Waals surface area contributed by atoms with Gasteiger partial charge in [-0.25, -0.2) is 4.39 Å². The SMILES string of the molecule is Cc1cc(O)c(-c2cc(C(=O)N(C)C3CC3)ccc2F)cc1Cl. The zero-order valence-electron chi connectivity index (χ0n) is 12.9. The Kier molecular flexibility index (Phi) is 4.02. The second kappa shape index (κ2) is 5.85. The maximum Gasteiger partial charge on any atom is 0.253 e. The lowest BCUT2D eigenvalue weighted by atomic mass is 9.99. The molecular weight excluding hydrogens is 317 g/mol. The molecule has 2 aromatic carbocycles. The van der Waals surface area contributed by atoms with Crippen molar-refractivity contribution in [3.05, 3.63) is 52.3 Å². The van der Waals surface area contributed by atoms with Crippen LogP contribution in [0.4, 0.5) is 4.39 Å². The zero-order chi connectivity index (χ0) is 16.7. The van der Waals surface area contributed by atoms with Crippen LogP contribution in [0.1, 0.15) is 28.8 Å². The number of hydrogen-bond donors (Lipinski definition) is 1. The first kappa shape index (κ1) is 15.8. The van der Waals surface area contributed by atoms with E-state index in [1.165, 1.54) is 30.3 Å². The smallest absolute Gasteiger partial charge is 0.253 e. The van der Waals surface area contributed by atoms with Gasteiger partial charge in [0, 0.05) is 34.8 Å². The number of halogens is 2. The van der Waals surface area contributed by atoms with Crippen molar-refractivity contribution in [2.45, 2.75) is 25.8 Å². The van der Waals surface area contributed by atoms with Gasteiger partial charge in [-0.05, 0) is 55.7 Å². The second-order valence-electron chi connectivity index (χ2n) is 5.96. The molecule has 0 aromatic heterocycles. The molecule has 1 fully saturated rings. The molecule has 2 aromatic rings. The topological polar surface area (TPSA) is 40.5 Å². The molecule has 0 spiro atoms. The number of phenols is 1. The normalized spacial score (nSPS) is 13.9. The fourth-order valence-electron chi connectivity index (χ4n) is 2.58. The van der Waals surface area contributed by atoms with Gasteiger partial charge in [0.05, 0.1) is 0 Å². The summed E-state index contributed by atoms with van der Waals surface area (Å²) in [5.74, 6) is -0.719. The van der Waals surface area contributed by atoms with E-state index in [0.29, 0.717) is 16.1 Å². The van der Waals surface area contributed by atoms with E-state index >= 15 is 0 Å². The van der Waals surface area contributed by atoms with E-state index in [4.69, 9.17) is 11.6 Å². The van der Waals surface area contributed by atoms with Crippen molar-refractivity contribution in [3.63, 3.8) is 0 Å². The Labute approximate surface area is 139 Å². The predicted molar refractivity (Wildman–Crippen MR) is 88.4 cm³/mol. The minimum absolute atomic E-state index is 0.0639. The fraction of sp³-hybridized carbons (Fsp3) is 0.278. The van der Waals surface area contributed by atoms with Crippen LogP contribution in [-0.4, -0.2) is 29.0 Å². The highest BCUT2D eigenvalue weighted by atomic mass is 35.5. The van der Waals surface area contributed by atoms with Crippen molar-refractivity contribution >= 4 is 17.5 Å². The van der Waals surface area contributed by atoms with E-state index in [1.807, 2.05) is 0 Å². The van der Waals surface area contributed by atoms with Gasteiger partial charge in [0.1, 0.15) is 11.6 Å². The molecule has 1 N–H and O–H groups in total. The van der Waals surface area contributed by atoms with Crippen molar-refractivity contribution in [1.29, 1.82) is 0 Å². The van der Waals surface area contributed by atoms with Crippen LogP contribution in [0.2, 0.25) is 5.02 Å². The summed E-state index contributed by atoms with van der Waals surface area (Å²) >= 11 is 6.08. The largest absolute Gasteiger partial charge is 0.507 e. The Morgan fingerprint density at radius 3 is 2.61 bits per heavy atom. The molecule has 0 bridgehead atoms. The summed E-state index contributed by atoms with van der Waals surface area (Å²) in [5, 5.41) is 10.5. The first-order chi connectivity index (χ1) is 10.9. The van der Waals surface area contributed by atoms with Crippen LogP contribution in [-0.2, 0) is 0 Å².